The normalized spacial score (nSPS) is 12.4. The highest BCUT2D eigenvalue weighted by Crippen LogP contribution is 2.34. The SMILES string of the molecule is COc1ccc(N([C@H](C)c2ccc(C)cc2)S(=O)(=O)c2cccc(F)c2)cc1. The first-order chi connectivity index (χ1) is 13.3. The third-order valence-corrected chi connectivity index (χ3v) is 6.49. The first kappa shape index (κ1) is 19.9. The van der Waals surface area contributed by atoms with E-state index in [-0.39, 0.29) is 4.90 Å². The van der Waals surface area contributed by atoms with Gasteiger partial charge in [-0.25, -0.2) is 12.8 Å². The van der Waals surface area contributed by atoms with Gasteiger partial charge in [-0.05, 0) is 61.9 Å². The molecule has 3 aromatic carbocycles. The number of rotatable bonds is 6. The van der Waals surface area contributed by atoms with E-state index in [0.29, 0.717) is 11.4 Å². The Bertz CT molecular complexity index is 1050. The van der Waals surface area contributed by atoms with Gasteiger partial charge in [-0.3, -0.25) is 4.31 Å². The van der Waals surface area contributed by atoms with Gasteiger partial charge in [0.15, 0.2) is 0 Å². The first-order valence-electron chi connectivity index (χ1n) is 8.83. The van der Waals surface area contributed by atoms with E-state index < -0.39 is 21.9 Å². The van der Waals surface area contributed by atoms with Crippen LogP contribution in [0.25, 0.3) is 0 Å². The molecular weight excluding hydrogens is 377 g/mol. The average molecular weight is 399 g/mol. The summed E-state index contributed by atoms with van der Waals surface area (Å²) in [6, 6.07) is 19.0. The van der Waals surface area contributed by atoms with Crippen molar-refractivity contribution in [3.05, 3.63) is 89.7 Å². The van der Waals surface area contributed by atoms with Gasteiger partial charge < -0.3 is 4.74 Å². The molecule has 0 N–H and O–H groups in total. The lowest BCUT2D eigenvalue weighted by Gasteiger charge is -2.31. The second-order valence-corrected chi connectivity index (χ2v) is 8.36. The van der Waals surface area contributed by atoms with Gasteiger partial charge in [0.05, 0.1) is 23.7 Å². The molecule has 146 valence electrons. The number of methoxy groups -OCH3 is 1. The van der Waals surface area contributed by atoms with Crippen LogP contribution in [0.1, 0.15) is 24.1 Å². The van der Waals surface area contributed by atoms with Crippen molar-refractivity contribution < 1.29 is 17.5 Å². The maximum Gasteiger partial charge on any atom is 0.264 e. The van der Waals surface area contributed by atoms with Crippen molar-refractivity contribution in [1.82, 2.24) is 0 Å². The third kappa shape index (κ3) is 4.02. The molecule has 0 aliphatic heterocycles. The van der Waals surface area contributed by atoms with Crippen molar-refractivity contribution in [2.24, 2.45) is 0 Å². The van der Waals surface area contributed by atoms with Gasteiger partial charge in [-0.2, -0.15) is 0 Å². The minimum Gasteiger partial charge on any atom is -0.497 e. The summed E-state index contributed by atoms with van der Waals surface area (Å²) < 4.78 is 47.1. The number of hydrogen-bond acceptors (Lipinski definition) is 3. The Morgan fingerprint density at radius 2 is 1.61 bits per heavy atom. The monoisotopic (exact) mass is 399 g/mol. The van der Waals surface area contributed by atoms with E-state index in [4.69, 9.17) is 4.74 Å². The number of ether oxygens (including phenoxy) is 1. The Labute approximate surface area is 165 Å². The van der Waals surface area contributed by atoms with Gasteiger partial charge in [-0.1, -0.05) is 35.9 Å². The molecule has 0 heterocycles. The zero-order chi connectivity index (χ0) is 20.3. The molecule has 0 unspecified atom stereocenters. The minimum atomic E-state index is -4.00. The van der Waals surface area contributed by atoms with Crippen LogP contribution in [0.2, 0.25) is 0 Å². The molecule has 28 heavy (non-hydrogen) atoms. The van der Waals surface area contributed by atoms with Gasteiger partial charge >= 0.3 is 0 Å². The number of nitrogens with zero attached hydrogens (tertiary/aromatic N) is 1. The van der Waals surface area contributed by atoms with Crippen molar-refractivity contribution in [1.29, 1.82) is 0 Å². The van der Waals surface area contributed by atoms with E-state index in [2.05, 4.69) is 0 Å². The van der Waals surface area contributed by atoms with Crippen LogP contribution in [-0.4, -0.2) is 15.5 Å². The molecule has 1 atom stereocenters. The number of benzene rings is 3. The van der Waals surface area contributed by atoms with Crippen LogP contribution in [0.5, 0.6) is 5.75 Å². The summed E-state index contributed by atoms with van der Waals surface area (Å²) in [6.45, 7) is 3.78. The second kappa shape index (κ2) is 8.02. The largest absolute Gasteiger partial charge is 0.497 e. The number of anilines is 1. The predicted molar refractivity (Wildman–Crippen MR) is 109 cm³/mol. The molecule has 6 heteroatoms. The predicted octanol–water partition coefficient (Wildman–Crippen LogP) is 5.10. The van der Waals surface area contributed by atoms with Crippen LogP contribution < -0.4 is 9.04 Å². The average Bonchev–Trinajstić information content (AvgIpc) is 2.69. The summed E-state index contributed by atoms with van der Waals surface area (Å²) in [5.74, 6) is 0.0218. The van der Waals surface area contributed by atoms with Crippen molar-refractivity contribution in [3.8, 4) is 5.75 Å². The highest BCUT2D eigenvalue weighted by molar-refractivity contribution is 7.92. The zero-order valence-electron chi connectivity index (χ0n) is 16.0. The maximum atomic E-state index is 13.7. The summed E-state index contributed by atoms with van der Waals surface area (Å²) in [7, 11) is -2.45. The summed E-state index contributed by atoms with van der Waals surface area (Å²) >= 11 is 0. The van der Waals surface area contributed by atoms with Crippen LogP contribution in [-0.2, 0) is 10.0 Å². The minimum absolute atomic E-state index is 0.0951. The molecule has 0 aliphatic rings. The summed E-state index contributed by atoms with van der Waals surface area (Å²) in [4.78, 5) is -0.0951. The van der Waals surface area contributed by atoms with E-state index in [1.807, 2.05) is 38.1 Å². The van der Waals surface area contributed by atoms with Gasteiger partial charge in [-0.15, -0.1) is 0 Å². The first-order valence-corrected chi connectivity index (χ1v) is 10.3. The molecule has 0 spiro atoms. The fourth-order valence-electron chi connectivity index (χ4n) is 3.02. The Hall–Kier alpha value is -2.86. The highest BCUT2D eigenvalue weighted by atomic mass is 32.2. The van der Waals surface area contributed by atoms with Crippen molar-refractivity contribution in [2.45, 2.75) is 24.8 Å². The second-order valence-electron chi connectivity index (χ2n) is 6.54. The molecule has 0 fully saturated rings. The molecule has 0 bridgehead atoms. The van der Waals surface area contributed by atoms with Crippen LogP contribution in [0.3, 0.4) is 0 Å². The van der Waals surface area contributed by atoms with E-state index in [1.54, 1.807) is 31.4 Å². The van der Waals surface area contributed by atoms with E-state index in [9.17, 15) is 12.8 Å². The smallest absolute Gasteiger partial charge is 0.264 e. The maximum absolute atomic E-state index is 13.7. The quantitative estimate of drug-likeness (QED) is 0.579. The molecular formula is C22H22FNO3S. The number of halogens is 1. The van der Waals surface area contributed by atoms with Crippen molar-refractivity contribution in [3.63, 3.8) is 0 Å². The van der Waals surface area contributed by atoms with Gasteiger partial charge in [0.2, 0.25) is 0 Å². The van der Waals surface area contributed by atoms with Crippen LogP contribution >= 0.6 is 0 Å². The van der Waals surface area contributed by atoms with E-state index in [0.717, 1.165) is 17.2 Å². The van der Waals surface area contributed by atoms with Crippen LogP contribution in [0.15, 0.2) is 77.7 Å². The summed E-state index contributed by atoms with van der Waals surface area (Å²) in [6.07, 6.45) is 0. The Morgan fingerprint density at radius 1 is 0.964 bits per heavy atom. The Balaban J connectivity index is 2.14. The van der Waals surface area contributed by atoms with Gasteiger partial charge in [0, 0.05) is 0 Å². The molecule has 4 nitrogen and oxygen atoms in total. The van der Waals surface area contributed by atoms with E-state index in [1.165, 1.54) is 22.5 Å². The summed E-state index contributed by atoms with van der Waals surface area (Å²) in [5, 5.41) is 0. The van der Waals surface area contributed by atoms with Gasteiger partial charge in [0.1, 0.15) is 11.6 Å². The fraction of sp³-hybridized carbons (Fsp3) is 0.182. The molecule has 0 saturated carbocycles. The van der Waals surface area contributed by atoms with E-state index >= 15 is 0 Å². The lowest BCUT2D eigenvalue weighted by molar-refractivity contribution is 0.415. The molecule has 0 saturated heterocycles. The molecule has 0 aromatic heterocycles. The molecule has 3 aromatic rings. The lowest BCUT2D eigenvalue weighted by atomic mass is 10.1. The fourth-order valence-corrected chi connectivity index (χ4v) is 4.70. The Kier molecular flexibility index (Phi) is 5.70. The van der Waals surface area contributed by atoms with Crippen LogP contribution in [0, 0.1) is 12.7 Å². The highest BCUT2D eigenvalue weighted by Gasteiger charge is 2.30. The number of hydrogen-bond donors (Lipinski definition) is 0. The molecule has 3 rings (SSSR count). The third-order valence-electron chi connectivity index (χ3n) is 4.59. The summed E-state index contributed by atoms with van der Waals surface area (Å²) in [5.41, 5.74) is 2.39. The number of aryl methyl sites for hydroxylation is 1. The topological polar surface area (TPSA) is 46.6 Å². The van der Waals surface area contributed by atoms with Crippen molar-refractivity contribution >= 4 is 15.7 Å². The van der Waals surface area contributed by atoms with Gasteiger partial charge in [0.25, 0.3) is 10.0 Å². The molecule has 0 radical (unpaired) electrons. The Morgan fingerprint density at radius 3 is 2.18 bits per heavy atom. The van der Waals surface area contributed by atoms with Crippen LogP contribution in [0.4, 0.5) is 10.1 Å². The zero-order valence-corrected chi connectivity index (χ0v) is 16.8. The standard InChI is InChI=1S/C22H22FNO3S/c1-16-7-9-18(10-8-16)17(2)24(20-11-13-21(27-3)14-12-20)28(25,26)22-6-4-5-19(23)15-22/h4-15,17H,1-3H3/t17-/m1/s1. The number of sulfonamides is 1. The van der Waals surface area contributed by atoms with Crippen molar-refractivity contribution in [2.75, 3.05) is 11.4 Å². The molecule has 0 aliphatic carbocycles. The molecule has 0 amide bonds. The lowest BCUT2D eigenvalue weighted by Crippen LogP contribution is -2.33.